The largest absolute Gasteiger partial charge is 0.270 e. The Morgan fingerprint density at radius 3 is 2.41 bits per heavy atom. The van der Waals surface area contributed by atoms with E-state index in [0.717, 1.165) is 16.7 Å². The fourth-order valence-electron chi connectivity index (χ4n) is 1.50. The highest BCUT2D eigenvalue weighted by molar-refractivity contribution is 5.76. The SMILES string of the molecule is C=Cc1ccc([N+](=O)[O-])cc1C(=C)C(C)(C)C. The van der Waals surface area contributed by atoms with Crippen molar-refractivity contribution in [3.8, 4) is 0 Å². The second-order valence-corrected chi connectivity index (χ2v) is 4.96. The smallest absolute Gasteiger partial charge is 0.258 e. The normalized spacial score (nSPS) is 11.0. The number of hydrogen-bond donors (Lipinski definition) is 0. The summed E-state index contributed by atoms with van der Waals surface area (Å²) in [7, 11) is 0. The molecule has 0 spiro atoms. The molecule has 17 heavy (non-hydrogen) atoms. The highest BCUT2D eigenvalue weighted by Crippen LogP contribution is 2.36. The second-order valence-electron chi connectivity index (χ2n) is 4.96. The van der Waals surface area contributed by atoms with Gasteiger partial charge >= 0.3 is 0 Å². The molecule has 0 unspecified atom stereocenters. The molecule has 0 radical (unpaired) electrons. The number of rotatable bonds is 3. The van der Waals surface area contributed by atoms with Crippen LogP contribution in [-0.4, -0.2) is 4.92 Å². The van der Waals surface area contributed by atoms with Crippen LogP contribution in [0.5, 0.6) is 0 Å². The van der Waals surface area contributed by atoms with Gasteiger partial charge in [0.1, 0.15) is 0 Å². The molecule has 90 valence electrons. The molecule has 0 atom stereocenters. The first kappa shape index (κ1) is 13.2. The zero-order valence-corrected chi connectivity index (χ0v) is 10.5. The summed E-state index contributed by atoms with van der Waals surface area (Å²) in [5.74, 6) is 0. The number of nitrogens with zero attached hydrogens (tertiary/aromatic N) is 1. The molecule has 1 rings (SSSR count). The first-order valence-corrected chi connectivity index (χ1v) is 5.38. The zero-order chi connectivity index (χ0) is 13.2. The van der Waals surface area contributed by atoms with Crippen molar-refractivity contribution in [2.45, 2.75) is 20.8 Å². The minimum absolute atomic E-state index is 0.0796. The quantitative estimate of drug-likeness (QED) is 0.575. The van der Waals surface area contributed by atoms with Crippen LogP contribution in [0.25, 0.3) is 11.6 Å². The van der Waals surface area contributed by atoms with E-state index in [9.17, 15) is 10.1 Å². The van der Waals surface area contributed by atoms with Crippen molar-refractivity contribution in [1.29, 1.82) is 0 Å². The van der Waals surface area contributed by atoms with Gasteiger partial charge in [-0.05, 0) is 28.2 Å². The van der Waals surface area contributed by atoms with E-state index in [1.807, 2.05) is 20.8 Å². The molecule has 1 aromatic rings. The number of nitro groups is 1. The number of hydrogen-bond acceptors (Lipinski definition) is 2. The van der Waals surface area contributed by atoms with Gasteiger partial charge in [-0.15, -0.1) is 0 Å². The van der Waals surface area contributed by atoms with Crippen molar-refractivity contribution in [3.05, 3.63) is 52.6 Å². The molecule has 0 aliphatic carbocycles. The molecule has 0 aromatic heterocycles. The molecule has 0 aliphatic heterocycles. The molecule has 0 bridgehead atoms. The minimum atomic E-state index is -0.397. The van der Waals surface area contributed by atoms with Gasteiger partial charge in [-0.2, -0.15) is 0 Å². The molecule has 0 heterocycles. The summed E-state index contributed by atoms with van der Waals surface area (Å²) in [5.41, 5.74) is 2.48. The van der Waals surface area contributed by atoms with Crippen LogP contribution in [0.2, 0.25) is 0 Å². The summed E-state index contributed by atoms with van der Waals surface area (Å²) in [6.45, 7) is 13.8. The lowest BCUT2D eigenvalue weighted by molar-refractivity contribution is -0.384. The number of allylic oxidation sites excluding steroid dienone is 1. The van der Waals surface area contributed by atoms with Gasteiger partial charge in [0.25, 0.3) is 5.69 Å². The van der Waals surface area contributed by atoms with Gasteiger partial charge < -0.3 is 0 Å². The third-order valence-electron chi connectivity index (χ3n) is 2.70. The van der Waals surface area contributed by atoms with Crippen molar-refractivity contribution in [2.24, 2.45) is 5.41 Å². The lowest BCUT2D eigenvalue weighted by atomic mass is 9.81. The molecular weight excluding hydrogens is 214 g/mol. The van der Waals surface area contributed by atoms with Crippen LogP contribution in [0.15, 0.2) is 31.4 Å². The Labute approximate surface area is 102 Å². The van der Waals surface area contributed by atoms with Gasteiger partial charge in [0, 0.05) is 12.1 Å². The average molecular weight is 231 g/mol. The first-order chi connectivity index (χ1) is 7.77. The van der Waals surface area contributed by atoms with Crippen molar-refractivity contribution in [2.75, 3.05) is 0 Å². The number of benzene rings is 1. The summed E-state index contributed by atoms with van der Waals surface area (Å²) < 4.78 is 0. The predicted octanol–water partition coefficient (Wildman–Crippen LogP) is 4.30. The van der Waals surface area contributed by atoms with E-state index in [1.54, 1.807) is 18.2 Å². The molecule has 0 N–H and O–H groups in total. The van der Waals surface area contributed by atoms with E-state index in [-0.39, 0.29) is 11.1 Å². The summed E-state index contributed by atoms with van der Waals surface area (Å²) >= 11 is 0. The van der Waals surface area contributed by atoms with E-state index in [0.29, 0.717) is 0 Å². The third kappa shape index (κ3) is 2.81. The second kappa shape index (κ2) is 4.53. The van der Waals surface area contributed by atoms with Crippen LogP contribution < -0.4 is 0 Å². The van der Waals surface area contributed by atoms with E-state index in [4.69, 9.17) is 0 Å². The van der Waals surface area contributed by atoms with Crippen molar-refractivity contribution >= 4 is 17.3 Å². The van der Waals surface area contributed by atoms with Gasteiger partial charge in [0.05, 0.1) is 4.92 Å². The Bertz CT molecular complexity index is 481. The zero-order valence-electron chi connectivity index (χ0n) is 10.5. The fraction of sp³-hybridized carbons (Fsp3) is 0.286. The monoisotopic (exact) mass is 231 g/mol. The van der Waals surface area contributed by atoms with Crippen molar-refractivity contribution in [3.63, 3.8) is 0 Å². The Hall–Kier alpha value is -1.90. The highest BCUT2D eigenvalue weighted by Gasteiger charge is 2.20. The van der Waals surface area contributed by atoms with Crippen LogP contribution in [-0.2, 0) is 0 Å². The molecule has 3 nitrogen and oxygen atoms in total. The first-order valence-electron chi connectivity index (χ1n) is 5.38. The minimum Gasteiger partial charge on any atom is -0.258 e. The summed E-state index contributed by atoms with van der Waals surface area (Å²) in [5, 5.41) is 10.8. The van der Waals surface area contributed by atoms with E-state index in [2.05, 4.69) is 13.2 Å². The predicted molar refractivity (Wildman–Crippen MR) is 71.7 cm³/mol. The maximum atomic E-state index is 10.8. The maximum absolute atomic E-state index is 10.8. The highest BCUT2D eigenvalue weighted by atomic mass is 16.6. The molecule has 0 aliphatic rings. The van der Waals surface area contributed by atoms with Crippen LogP contribution in [0, 0.1) is 15.5 Å². The standard InChI is InChI=1S/C14H17NO2/c1-6-11-7-8-12(15(16)17)9-13(11)10(2)14(3,4)5/h6-9H,1-2H2,3-5H3. The van der Waals surface area contributed by atoms with Gasteiger partial charge in [0.2, 0.25) is 0 Å². The molecule has 0 amide bonds. The van der Waals surface area contributed by atoms with Crippen molar-refractivity contribution in [1.82, 2.24) is 0 Å². The summed E-state index contributed by atoms with van der Waals surface area (Å²) in [6.07, 6.45) is 1.69. The van der Waals surface area contributed by atoms with E-state index in [1.165, 1.54) is 6.07 Å². The van der Waals surface area contributed by atoms with E-state index >= 15 is 0 Å². The fourth-order valence-corrected chi connectivity index (χ4v) is 1.50. The Kier molecular flexibility index (Phi) is 3.51. The van der Waals surface area contributed by atoms with Crippen molar-refractivity contribution < 1.29 is 4.92 Å². The molecular formula is C14H17NO2. The number of non-ortho nitro benzene ring substituents is 1. The van der Waals surface area contributed by atoms with Gasteiger partial charge in [-0.25, -0.2) is 0 Å². The van der Waals surface area contributed by atoms with E-state index < -0.39 is 4.92 Å². The topological polar surface area (TPSA) is 43.1 Å². The molecule has 0 fully saturated rings. The number of nitro benzene ring substituents is 1. The molecule has 1 aromatic carbocycles. The third-order valence-corrected chi connectivity index (χ3v) is 2.70. The lowest BCUT2D eigenvalue weighted by Crippen LogP contribution is -2.08. The summed E-state index contributed by atoms with van der Waals surface area (Å²) in [4.78, 5) is 10.4. The Balaban J connectivity index is 3.38. The molecule has 0 saturated carbocycles. The van der Waals surface area contributed by atoms with Gasteiger partial charge in [-0.1, -0.05) is 40.0 Å². The van der Waals surface area contributed by atoms with Crippen LogP contribution in [0.1, 0.15) is 31.9 Å². The van der Waals surface area contributed by atoms with Gasteiger partial charge in [-0.3, -0.25) is 10.1 Å². The van der Waals surface area contributed by atoms with Crippen LogP contribution in [0.4, 0.5) is 5.69 Å². The van der Waals surface area contributed by atoms with Crippen LogP contribution in [0.3, 0.4) is 0 Å². The lowest BCUT2D eigenvalue weighted by Gasteiger charge is -2.23. The summed E-state index contributed by atoms with van der Waals surface area (Å²) in [6, 6.07) is 4.75. The molecule has 0 saturated heterocycles. The Morgan fingerprint density at radius 1 is 1.41 bits per heavy atom. The van der Waals surface area contributed by atoms with Crippen LogP contribution >= 0.6 is 0 Å². The Morgan fingerprint density at radius 2 is 2.00 bits per heavy atom. The maximum Gasteiger partial charge on any atom is 0.270 e. The van der Waals surface area contributed by atoms with Gasteiger partial charge in [0.15, 0.2) is 0 Å². The molecule has 3 heteroatoms. The average Bonchev–Trinajstić information content (AvgIpc) is 2.25.